The Morgan fingerprint density at radius 2 is 2.38 bits per heavy atom. The second-order valence-electron chi connectivity index (χ2n) is 3.76. The molecular formula is C10H17NO4S. The third kappa shape index (κ3) is 4.85. The largest absolute Gasteiger partial charge is 0.480 e. The van der Waals surface area contributed by atoms with Gasteiger partial charge in [0, 0.05) is 25.0 Å². The Balaban J connectivity index is 2.21. The molecule has 16 heavy (non-hydrogen) atoms. The van der Waals surface area contributed by atoms with Crippen molar-refractivity contribution >= 4 is 23.6 Å². The van der Waals surface area contributed by atoms with E-state index in [0.717, 1.165) is 25.2 Å². The maximum atomic E-state index is 10.8. The van der Waals surface area contributed by atoms with E-state index in [0.29, 0.717) is 5.75 Å². The number of ether oxygens (including phenoxy) is 1. The van der Waals surface area contributed by atoms with Crippen LogP contribution in [0.3, 0.4) is 0 Å². The predicted octanol–water partition coefficient (Wildman–Crippen LogP) is 0.488. The van der Waals surface area contributed by atoms with E-state index < -0.39 is 12.0 Å². The van der Waals surface area contributed by atoms with Gasteiger partial charge in [0.1, 0.15) is 6.04 Å². The highest BCUT2D eigenvalue weighted by Gasteiger charge is 2.20. The molecule has 0 aliphatic carbocycles. The Bertz CT molecular complexity index is 253. The number of rotatable bonds is 6. The average molecular weight is 247 g/mol. The molecule has 6 heteroatoms. The van der Waals surface area contributed by atoms with Crippen LogP contribution in [0, 0.1) is 0 Å². The molecule has 0 aromatic rings. The molecule has 2 N–H and O–H groups in total. The second kappa shape index (κ2) is 6.75. The minimum absolute atomic E-state index is 0.247. The van der Waals surface area contributed by atoms with Gasteiger partial charge < -0.3 is 15.2 Å². The normalized spacial score (nSPS) is 21.7. The fraction of sp³-hybridized carbons (Fsp3) is 0.800. The smallest absolute Gasteiger partial charge is 0.327 e. The van der Waals surface area contributed by atoms with Crippen LogP contribution >= 0.6 is 11.8 Å². The molecule has 1 rings (SSSR count). The molecule has 0 radical (unpaired) electrons. The summed E-state index contributed by atoms with van der Waals surface area (Å²) < 4.78 is 5.42. The lowest BCUT2D eigenvalue weighted by molar-refractivity contribution is -0.140. The molecule has 1 fully saturated rings. The molecule has 0 saturated carbocycles. The first kappa shape index (κ1) is 13.3. The van der Waals surface area contributed by atoms with Crippen LogP contribution in [-0.4, -0.2) is 47.2 Å². The Labute approximate surface area is 98.9 Å². The first-order valence-corrected chi connectivity index (χ1v) is 6.44. The van der Waals surface area contributed by atoms with Crippen LogP contribution in [0.2, 0.25) is 0 Å². The van der Waals surface area contributed by atoms with Gasteiger partial charge in [-0.2, -0.15) is 11.8 Å². The van der Waals surface area contributed by atoms with Crippen molar-refractivity contribution in [2.45, 2.75) is 31.9 Å². The quantitative estimate of drug-likeness (QED) is 0.714. The van der Waals surface area contributed by atoms with E-state index in [1.807, 2.05) is 0 Å². The molecule has 1 saturated heterocycles. The third-order valence-electron chi connectivity index (χ3n) is 2.29. The van der Waals surface area contributed by atoms with E-state index in [9.17, 15) is 9.59 Å². The second-order valence-corrected chi connectivity index (χ2v) is 4.84. The molecule has 92 valence electrons. The number of hydrogen-bond donors (Lipinski definition) is 2. The minimum atomic E-state index is -0.991. The van der Waals surface area contributed by atoms with Crippen LogP contribution in [-0.2, 0) is 14.3 Å². The predicted molar refractivity (Wildman–Crippen MR) is 61.5 cm³/mol. The summed E-state index contributed by atoms with van der Waals surface area (Å²) >= 11 is 1.51. The Morgan fingerprint density at radius 3 is 2.88 bits per heavy atom. The van der Waals surface area contributed by atoms with Crippen molar-refractivity contribution in [3.8, 4) is 0 Å². The summed E-state index contributed by atoms with van der Waals surface area (Å²) in [4.78, 5) is 21.6. The molecule has 0 aromatic carbocycles. The Hall–Kier alpha value is -0.750. The summed E-state index contributed by atoms with van der Waals surface area (Å²) in [6, 6.07) is -0.802. The van der Waals surface area contributed by atoms with Gasteiger partial charge in [-0.25, -0.2) is 4.79 Å². The van der Waals surface area contributed by atoms with Crippen molar-refractivity contribution in [3.63, 3.8) is 0 Å². The number of nitrogens with one attached hydrogen (secondary N) is 1. The SMILES string of the molecule is CC(=O)NC(CSCC1CCCO1)C(=O)O. The summed E-state index contributed by atoms with van der Waals surface area (Å²) in [5, 5.41) is 11.3. The van der Waals surface area contributed by atoms with Crippen LogP contribution < -0.4 is 5.32 Å². The van der Waals surface area contributed by atoms with Gasteiger partial charge in [0.05, 0.1) is 6.10 Å². The van der Waals surface area contributed by atoms with Gasteiger partial charge >= 0.3 is 5.97 Å². The van der Waals surface area contributed by atoms with Crippen molar-refractivity contribution in [1.29, 1.82) is 0 Å². The molecule has 0 bridgehead atoms. The molecule has 0 aromatic heterocycles. The molecular weight excluding hydrogens is 230 g/mol. The van der Waals surface area contributed by atoms with Crippen LogP contribution in [0.5, 0.6) is 0 Å². The highest BCUT2D eigenvalue weighted by Crippen LogP contribution is 2.17. The van der Waals surface area contributed by atoms with E-state index in [1.165, 1.54) is 18.7 Å². The van der Waals surface area contributed by atoms with Gasteiger partial charge in [0.2, 0.25) is 5.91 Å². The zero-order chi connectivity index (χ0) is 12.0. The van der Waals surface area contributed by atoms with Crippen molar-refractivity contribution < 1.29 is 19.4 Å². The van der Waals surface area contributed by atoms with Crippen LogP contribution in [0.15, 0.2) is 0 Å². The Kier molecular flexibility index (Phi) is 5.62. The number of carboxylic acid groups (broad SMARTS) is 1. The molecule has 5 nitrogen and oxygen atoms in total. The highest BCUT2D eigenvalue weighted by atomic mass is 32.2. The summed E-state index contributed by atoms with van der Waals surface area (Å²) in [7, 11) is 0. The van der Waals surface area contributed by atoms with Crippen LogP contribution in [0.1, 0.15) is 19.8 Å². The van der Waals surface area contributed by atoms with Gasteiger partial charge in [0.25, 0.3) is 0 Å². The fourth-order valence-electron chi connectivity index (χ4n) is 1.51. The van der Waals surface area contributed by atoms with Gasteiger partial charge in [-0.15, -0.1) is 0 Å². The van der Waals surface area contributed by atoms with E-state index in [-0.39, 0.29) is 12.0 Å². The number of hydrogen-bond acceptors (Lipinski definition) is 4. The molecule has 0 spiro atoms. The molecule has 1 aliphatic rings. The molecule has 1 heterocycles. The molecule has 1 amide bonds. The van der Waals surface area contributed by atoms with Crippen molar-refractivity contribution in [2.75, 3.05) is 18.1 Å². The van der Waals surface area contributed by atoms with E-state index in [2.05, 4.69) is 5.32 Å². The van der Waals surface area contributed by atoms with Crippen LogP contribution in [0.4, 0.5) is 0 Å². The lowest BCUT2D eigenvalue weighted by atomic mass is 10.3. The number of amides is 1. The highest BCUT2D eigenvalue weighted by molar-refractivity contribution is 7.99. The minimum Gasteiger partial charge on any atom is -0.480 e. The summed E-state index contributed by atoms with van der Waals surface area (Å²) in [5.74, 6) is -0.127. The maximum absolute atomic E-state index is 10.8. The lowest BCUT2D eigenvalue weighted by Gasteiger charge is -2.14. The third-order valence-corrected chi connectivity index (χ3v) is 3.46. The zero-order valence-corrected chi connectivity index (χ0v) is 10.1. The van der Waals surface area contributed by atoms with Crippen molar-refractivity contribution in [2.24, 2.45) is 0 Å². The van der Waals surface area contributed by atoms with E-state index in [1.54, 1.807) is 0 Å². The topological polar surface area (TPSA) is 75.6 Å². The van der Waals surface area contributed by atoms with Crippen molar-refractivity contribution in [3.05, 3.63) is 0 Å². The zero-order valence-electron chi connectivity index (χ0n) is 9.27. The van der Waals surface area contributed by atoms with E-state index in [4.69, 9.17) is 9.84 Å². The molecule has 2 unspecified atom stereocenters. The first-order chi connectivity index (χ1) is 7.59. The first-order valence-electron chi connectivity index (χ1n) is 5.29. The Morgan fingerprint density at radius 1 is 1.62 bits per heavy atom. The number of thioether (sulfide) groups is 1. The standard InChI is InChI=1S/C10H17NO4S/c1-7(12)11-9(10(13)14)6-16-5-8-3-2-4-15-8/h8-9H,2-6H2,1H3,(H,11,12)(H,13,14). The van der Waals surface area contributed by atoms with Gasteiger partial charge in [-0.1, -0.05) is 0 Å². The summed E-state index contributed by atoms with van der Waals surface area (Å²) in [6.45, 7) is 2.12. The van der Waals surface area contributed by atoms with Gasteiger partial charge in [-0.3, -0.25) is 4.79 Å². The number of carbonyl (C=O) groups excluding carboxylic acids is 1. The van der Waals surface area contributed by atoms with Gasteiger partial charge in [-0.05, 0) is 12.8 Å². The van der Waals surface area contributed by atoms with E-state index >= 15 is 0 Å². The monoisotopic (exact) mass is 247 g/mol. The molecule has 1 aliphatic heterocycles. The number of carbonyl (C=O) groups is 2. The average Bonchev–Trinajstić information content (AvgIpc) is 2.68. The summed E-state index contributed by atoms with van der Waals surface area (Å²) in [5.41, 5.74) is 0. The van der Waals surface area contributed by atoms with Crippen molar-refractivity contribution in [1.82, 2.24) is 5.32 Å². The maximum Gasteiger partial charge on any atom is 0.327 e. The lowest BCUT2D eigenvalue weighted by Crippen LogP contribution is -2.41. The van der Waals surface area contributed by atoms with Gasteiger partial charge in [0.15, 0.2) is 0 Å². The number of carboxylic acids is 1. The van der Waals surface area contributed by atoms with Crippen LogP contribution in [0.25, 0.3) is 0 Å². The molecule has 2 atom stereocenters. The summed E-state index contributed by atoms with van der Waals surface area (Å²) in [6.07, 6.45) is 2.38. The number of aliphatic carboxylic acids is 1. The fourth-order valence-corrected chi connectivity index (χ4v) is 2.64.